The molecule has 0 aromatic carbocycles. The van der Waals surface area contributed by atoms with Crippen LogP contribution in [0.15, 0.2) is 0 Å². The highest BCUT2D eigenvalue weighted by Gasteiger charge is 2.26. The van der Waals surface area contributed by atoms with Gasteiger partial charge in [0.25, 0.3) is 0 Å². The molecule has 0 spiro atoms. The quantitative estimate of drug-likeness (QED) is 0.656. The lowest BCUT2D eigenvalue weighted by Crippen LogP contribution is -2.38. The van der Waals surface area contributed by atoms with E-state index >= 15 is 0 Å². The third kappa shape index (κ3) is 4.03. The molecule has 16 heavy (non-hydrogen) atoms. The summed E-state index contributed by atoms with van der Waals surface area (Å²) < 4.78 is 25.6. The molecule has 1 aliphatic rings. The van der Waals surface area contributed by atoms with Crippen LogP contribution in [0.1, 0.15) is 39.0 Å². The van der Waals surface area contributed by atoms with Crippen molar-refractivity contribution in [2.45, 2.75) is 39.0 Å². The second-order valence-corrected chi connectivity index (χ2v) is 6.65. The van der Waals surface area contributed by atoms with Crippen molar-refractivity contribution >= 4 is 10.0 Å². The van der Waals surface area contributed by atoms with E-state index in [1.807, 2.05) is 6.92 Å². The zero-order valence-electron chi connectivity index (χ0n) is 10.2. The first-order chi connectivity index (χ1) is 7.60. The lowest BCUT2D eigenvalue weighted by Gasteiger charge is -2.31. The van der Waals surface area contributed by atoms with E-state index in [4.69, 9.17) is 5.73 Å². The van der Waals surface area contributed by atoms with Gasteiger partial charge >= 0.3 is 0 Å². The first-order valence-corrected chi connectivity index (χ1v) is 7.89. The van der Waals surface area contributed by atoms with E-state index in [9.17, 15) is 8.42 Å². The van der Waals surface area contributed by atoms with E-state index in [2.05, 4.69) is 0 Å². The number of sulfonamides is 1. The zero-order chi connectivity index (χ0) is 12.0. The van der Waals surface area contributed by atoms with Crippen LogP contribution in [0.5, 0.6) is 0 Å². The topological polar surface area (TPSA) is 63.4 Å². The lowest BCUT2D eigenvalue weighted by molar-refractivity contribution is 0.250. The predicted molar refractivity (Wildman–Crippen MR) is 66.7 cm³/mol. The monoisotopic (exact) mass is 248 g/mol. The molecule has 0 atom stereocenters. The maximum Gasteiger partial charge on any atom is 0.214 e. The number of nitrogens with two attached hydrogens (primary N) is 1. The molecule has 1 saturated carbocycles. The Morgan fingerprint density at radius 3 is 2.44 bits per heavy atom. The molecule has 1 rings (SSSR count). The molecule has 4 nitrogen and oxygen atoms in total. The van der Waals surface area contributed by atoms with Crippen LogP contribution in [0.25, 0.3) is 0 Å². The number of nitrogens with zero attached hydrogens (tertiary/aromatic N) is 1. The van der Waals surface area contributed by atoms with Crippen molar-refractivity contribution < 1.29 is 8.42 Å². The Bertz CT molecular complexity index is 286. The van der Waals surface area contributed by atoms with Crippen molar-refractivity contribution in [3.8, 4) is 0 Å². The minimum Gasteiger partial charge on any atom is -0.330 e. The van der Waals surface area contributed by atoms with Gasteiger partial charge in [0.2, 0.25) is 10.0 Å². The largest absolute Gasteiger partial charge is 0.330 e. The summed E-state index contributed by atoms with van der Waals surface area (Å²) in [6.45, 7) is 3.81. The number of hydrogen-bond acceptors (Lipinski definition) is 3. The molecule has 0 unspecified atom stereocenters. The number of unbranched alkanes of at least 4 members (excludes halogenated alkanes) is 1. The minimum atomic E-state index is -3.04. The molecule has 0 radical (unpaired) electrons. The van der Waals surface area contributed by atoms with Crippen LogP contribution >= 0.6 is 0 Å². The first kappa shape index (κ1) is 13.9. The van der Waals surface area contributed by atoms with Crippen molar-refractivity contribution in [2.24, 2.45) is 11.7 Å². The maximum atomic E-state index is 12.0. The van der Waals surface area contributed by atoms with Crippen LogP contribution in [-0.4, -0.2) is 38.1 Å². The zero-order valence-corrected chi connectivity index (χ0v) is 11.0. The van der Waals surface area contributed by atoms with E-state index < -0.39 is 10.0 Å². The van der Waals surface area contributed by atoms with Crippen molar-refractivity contribution in [3.63, 3.8) is 0 Å². The van der Waals surface area contributed by atoms with Crippen molar-refractivity contribution in [1.82, 2.24) is 4.31 Å². The van der Waals surface area contributed by atoms with E-state index in [0.717, 1.165) is 13.0 Å². The van der Waals surface area contributed by atoms with E-state index in [-0.39, 0.29) is 5.75 Å². The van der Waals surface area contributed by atoms with E-state index in [1.54, 1.807) is 4.31 Å². The second-order valence-electron chi connectivity index (χ2n) is 4.56. The van der Waals surface area contributed by atoms with Crippen LogP contribution in [0.4, 0.5) is 0 Å². The van der Waals surface area contributed by atoms with Gasteiger partial charge in [0, 0.05) is 13.1 Å². The first-order valence-electron chi connectivity index (χ1n) is 6.28. The van der Waals surface area contributed by atoms with Crippen molar-refractivity contribution in [3.05, 3.63) is 0 Å². The summed E-state index contributed by atoms with van der Waals surface area (Å²) in [5.41, 5.74) is 5.37. The van der Waals surface area contributed by atoms with Gasteiger partial charge < -0.3 is 5.73 Å². The normalized spacial score (nSPS) is 17.7. The van der Waals surface area contributed by atoms with Crippen LogP contribution in [0, 0.1) is 5.92 Å². The third-order valence-electron chi connectivity index (χ3n) is 3.29. The fourth-order valence-electron chi connectivity index (χ4n) is 1.96. The van der Waals surface area contributed by atoms with Gasteiger partial charge in [0.1, 0.15) is 0 Å². The van der Waals surface area contributed by atoms with Gasteiger partial charge in [0.05, 0.1) is 5.75 Å². The Morgan fingerprint density at radius 1 is 1.31 bits per heavy atom. The summed E-state index contributed by atoms with van der Waals surface area (Å²) in [5, 5.41) is 0. The van der Waals surface area contributed by atoms with Gasteiger partial charge in [-0.05, 0) is 38.1 Å². The fraction of sp³-hybridized carbons (Fsp3) is 1.00. The molecular weight excluding hydrogens is 224 g/mol. The highest BCUT2D eigenvalue weighted by Crippen LogP contribution is 2.27. The molecule has 0 saturated heterocycles. The average molecular weight is 248 g/mol. The molecule has 0 amide bonds. The second kappa shape index (κ2) is 6.57. The third-order valence-corrected chi connectivity index (χ3v) is 5.29. The summed E-state index contributed by atoms with van der Waals surface area (Å²) >= 11 is 0. The molecule has 0 aromatic heterocycles. The van der Waals surface area contributed by atoms with Gasteiger partial charge in [-0.2, -0.15) is 0 Å². The Kier molecular flexibility index (Phi) is 5.72. The average Bonchev–Trinajstić information content (AvgIpc) is 2.16. The van der Waals surface area contributed by atoms with Crippen LogP contribution in [-0.2, 0) is 10.0 Å². The summed E-state index contributed by atoms with van der Waals surface area (Å²) in [6, 6.07) is 0. The van der Waals surface area contributed by atoms with Gasteiger partial charge in [-0.25, -0.2) is 12.7 Å². The van der Waals surface area contributed by atoms with E-state index in [1.165, 1.54) is 19.3 Å². The lowest BCUT2D eigenvalue weighted by atomic mass is 9.85. The molecule has 96 valence electrons. The molecule has 5 heteroatoms. The Balaban J connectivity index is 2.41. The van der Waals surface area contributed by atoms with Crippen molar-refractivity contribution in [2.75, 3.05) is 25.4 Å². The summed E-state index contributed by atoms with van der Waals surface area (Å²) in [4.78, 5) is 0. The summed E-state index contributed by atoms with van der Waals surface area (Å²) in [6.07, 6.45) is 5.11. The van der Waals surface area contributed by atoms with Crippen LogP contribution in [0.3, 0.4) is 0 Å². The highest BCUT2D eigenvalue weighted by molar-refractivity contribution is 7.89. The Labute approximate surface area is 99.2 Å². The van der Waals surface area contributed by atoms with Gasteiger partial charge in [0.15, 0.2) is 0 Å². The maximum absolute atomic E-state index is 12.0. The SMILES string of the molecule is CCN(CC1CCC1)S(=O)(=O)CCCCN. The molecule has 0 heterocycles. The number of rotatable bonds is 8. The van der Waals surface area contributed by atoms with Crippen LogP contribution < -0.4 is 5.73 Å². The predicted octanol–water partition coefficient (Wildman–Crippen LogP) is 1.18. The molecule has 1 aliphatic carbocycles. The fourth-order valence-corrected chi connectivity index (χ4v) is 3.62. The van der Waals surface area contributed by atoms with Gasteiger partial charge in [-0.3, -0.25) is 0 Å². The Hall–Kier alpha value is -0.130. The summed E-state index contributed by atoms with van der Waals surface area (Å²) in [5.74, 6) is 0.856. The molecule has 1 fully saturated rings. The van der Waals surface area contributed by atoms with E-state index in [0.29, 0.717) is 25.4 Å². The Morgan fingerprint density at radius 2 is 2.00 bits per heavy atom. The number of hydrogen-bond donors (Lipinski definition) is 1. The summed E-state index contributed by atoms with van der Waals surface area (Å²) in [7, 11) is -3.04. The molecular formula is C11H24N2O2S. The standard InChI is InChI=1S/C11H24N2O2S/c1-2-13(10-11-6-5-7-11)16(14,15)9-4-3-8-12/h11H,2-10,12H2,1H3. The van der Waals surface area contributed by atoms with Crippen LogP contribution in [0.2, 0.25) is 0 Å². The highest BCUT2D eigenvalue weighted by atomic mass is 32.2. The molecule has 0 bridgehead atoms. The smallest absolute Gasteiger partial charge is 0.214 e. The molecule has 0 aromatic rings. The minimum absolute atomic E-state index is 0.255. The van der Waals surface area contributed by atoms with Gasteiger partial charge in [-0.1, -0.05) is 13.3 Å². The van der Waals surface area contributed by atoms with Crippen molar-refractivity contribution in [1.29, 1.82) is 0 Å². The molecule has 2 N–H and O–H groups in total. The molecule has 0 aliphatic heterocycles. The van der Waals surface area contributed by atoms with Gasteiger partial charge in [-0.15, -0.1) is 0 Å².